The number of thiophene rings is 1. The van der Waals surface area contributed by atoms with Gasteiger partial charge in [0.2, 0.25) is 5.91 Å². The van der Waals surface area contributed by atoms with Crippen molar-refractivity contribution >= 4 is 28.8 Å². The largest absolute Gasteiger partial charge is 0.376 e. The zero-order valence-electron chi connectivity index (χ0n) is 8.87. The van der Waals surface area contributed by atoms with Crippen LogP contribution in [0.1, 0.15) is 17.7 Å². The lowest BCUT2D eigenvalue weighted by molar-refractivity contribution is -0.120. The van der Waals surface area contributed by atoms with Gasteiger partial charge < -0.3 is 10.1 Å². The van der Waals surface area contributed by atoms with Gasteiger partial charge in [-0.3, -0.25) is 4.79 Å². The summed E-state index contributed by atoms with van der Waals surface area (Å²) >= 11 is 7.24. The van der Waals surface area contributed by atoms with Crippen molar-refractivity contribution in [2.45, 2.75) is 25.4 Å². The van der Waals surface area contributed by atoms with E-state index in [2.05, 4.69) is 5.32 Å². The summed E-state index contributed by atoms with van der Waals surface area (Å²) < 4.78 is 6.15. The number of ether oxygens (including phenoxy) is 1. The summed E-state index contributed by atoms with van der Waals surface area (Å²) in [5, 5.41) is 2.88. The second-order valence-corrected chi connectivity index (χ2v) is 5.62. The normalized spacial score (nSPS) is 19.9. The van der Waals surface area contributed by atoms with Crippen LogP contribution in [0.25, 0.3) is 0 Å². The molecule has 1 aliphatic rings. The molecule has 0 radical (unpaired) electrons. The topological polar surface area (TPSA) is 38.3 Å². The Kier molecular flexibility index (Phi) is 4.21. The number of rotatable bonds is 4. The third-order valence-corrected chi connectivity index (χ3v) is 3.75. The zero-order chi connectivity index (χ0) is 11.4. The Morgan fingerprint density at radius 3 is 3.12 bits per heavy atom. The van der Waals surface area contributed by atoms with Crippen molar-refractivity contribution < 1.29 is 9.53 Å². The summed E-state index contributed by atoms with van der Waals surface area (Å²) in [5.74, 6) is 0.0361. The average Bonchev–Trinajstić information content (AvgIpc) is 2.87. The molecular weight excluding hydrogens is 246 g/mol. The Morgan fingerprint density at radius 2 is 2.50 bits per heavy atom. The molecule has 16 heavy (non-hydrogen) atoms. The SMILES string of the molecule is O=C(Cc1ccc(Cl)s1)NCC1CCCO1. The van der Waals surface area contributed by atoms with Gasteiger partial charge in [0.1, 0.15) is 0 Å². The number of amides is 1. The van der Waals surface area contributed by atoms with Crippen molar-refractivity contribution in [2.75, 3.05) is 13.2 Å². The van der Waals surface area contributed by atoms with Gasteiger partial charge in [-0.15, -0.1) is 11.3 Å². The third-order valence-electron chi connectivity index (χ3n) is 2.51. The first-order valence-electron chi connectivity index (χ1n) is 5.36. The Balaban J connectivity index is 1.71. The van der Waals surface area contributed by atoms with Crippen LogP contribution < -0.4 is 5.32 Å². The van der Waals surface area contributed by atoms with Crippen molar-refractivity contribution in [2.24, 2.45) is 0 Å². The van der Waals surface area contributed by atoms with Crippen LogP contribution in [0.3, 0.4) is 0 Å². The van der Waals surface area contributed by atoms with Crippen LogP contribution in [0.2, 0.25) is 4.34 Å². The van der Waals surface area contributed by atoms with Crippen molar-refractivity contribution in [3.63, 3.8) is 0 Å². The van der Waals surface area contributed by atoms with Gasteiger partial charge in [-0.05, 0) is 25.0 Å². The molecule has 1 saturated heterocycles. The summed E-state index contributed by atoms with van der Waals surface area (Å²) in [7, 11) is 0. The van der Waals surface area contributed by atoms with E-state index in [1.807, 2.05) is 12.1 Å². The van der Waals surface area contributed by atoms with E-state index in [0.717, 1.165) is 28.7 Å². The van der Waals surface area contributed by atoms with Crippen LogP contribution in [0.4, 0.5) is 0 Å². The molecule has 2 heterocycles. The minimum Gasteiger partial charge on any atom is -0.376 e. The van der Waals surface area contributed by atoms with E-state index >= 15 is 0 Å². The fourth-order valence-electron chi connectivity index (χ4n) is 1.70. The molecular formula is C11H14ClNO2S. The second kappa shape index (κ2) is 5.66. The summed E-state index contributed by atoms with van der Waals surface area (Å²) in [6.45, 7) is 1.44. The van der Waals surface area contributed by atoms with E-state index < -0.39 is 0 Å². The molecule has 1 fully saturated rings. The number of hydrogen-bond acceptors (Lipinski definition) is 3. The van der Waals surface area contributed by atoms with Gasteiger partial charge in [0, 0.05) is 18.0 Å². The highest BCUT2D eigenvalue weighted by molar-refractivity contribution is 7.16. The van der Waals surface area contributed by atoms with Crippen molar-refractivity contribution in [3.8, 4) is 0 Å². The number of nitrogens with one attached hydrogen (secondary N) is 1. The van der Waals surface area contributed by atoms with E-state index in [4.69, 9.17) is 16.3 Å². The fourth-order valence-corrected chi connectivity index (χ4v) is 2.79. The Bertz CT molecular complexity index is 361. The molecule has 1 aliphatic heterocycles. The van der Waals surface area contributed by atoms with Gasteiger partial charge in [0.05, 0.1) is 16.9 Å². The molecule has 5 heteroatoms. The van der Waals surface area contributed by atoms with Crippen molar-refractivity contribution in [3.05, 3.63) is 21.3 Å². The number of halogens is 1. The zero-order valence-corrected chi connectivity index (χ0v) is 10.4. The maximum Gasteiger partial charge on any atom is 0.225 e. The summed E-state index contributed by atoms with van der Waals surface area (Å²) in [4.78, 5) is 12.6. The van der Waals surface area contributed by atoms with Gasteiger partial charge in [-0.1, -0.05) is 11.6 Å². The molecule has 88 valence electrons. The van der Waals surface area contributed by atoms with Gasteiger partial charge in [0.15, 0.2) is 0 Å². The van der Waals surface area contributed by atoms with Crippen LogP contribution in [-0.2, 0) is 16.0 Å². The van der Waals surface area contributed by atoms with Crippen LogP contribution in [-0.4, -0.2) is 25.2 Å². The van der Waals surface area contributed by atoms with Gasteiger partial charge >= 0.3 is 0 Å². The van der Waals surface area contributed by atoms with E-state index in [0.29, 0.717) is 13.0 Å². The predicted octanol–water partition coefficient (Wildman–Crippen LogP) is 2.24. The van der Waals surface area contributed by atoms with E-state index in [-0.39, 0.29) is 12.0 Å². The second-order valence-electron chi connectivity index (χ2n) is 3.82. The molecule has 1 aromatic heterocycles. The first kappa shape index (κ1) is 11.9. The number of carbonyl (C=O) groups is 1. The first-order chi connectivity index (χ1) is 7.74. The Morgan fingerprint density at radius 1 is 1.62 bits per heavy atom. The molecule has 0 aromatic carbocycles. The van der Waals surface area contributed by atoms with Gasteiger partial charge in [-0.25, -0.2) is 0 Å². The molecule has 3 nitrogen and oxygen atoms in total. The molecule has 1 N–H and O–H groups in total. The highest BCUT2D eigenvalue weighted by Crippen LogP contribution is 2.21. The minimum absolute atomic E-state index is 0.0361. The number of hydrogen-bond donors (Lipinski definition) is 1. The average molecular weight is 260 g/mol. The molecule has 0 bridgehead atoms. The summed E-state index contributed by atoms with van der Waals surface area (Å²) in [5.41, 5.74) is 0. The Labute approximate surface area is 104 Å². The standard InChI is InChI=1S/C11H14ClNO2S/c12-10-4-3-9(16-10)6-11(14)13-7-8-2-1-5-15-8/h3-4,8H,1-2,5-7H2,(H,13,14). The fraction of sp³-hybridized carbons (Fsp3) is 0.545. The van der Waals surface area contributed by atoms with Gasteiger partial charge in [0.25, 0.3) is 0 Å². The van der Waals surface area contributed by atoms with Crippen LogP contribution in [0, 0.1) is 0 Å². The van der Waals surface area contributed by atoms with Crippen LogP contribution in [0.5, 0.6) is 0 Å². The molecule has 0 saturated carbocycles. The molecule has 1 aromatic rings. The summed E-state index contributed by atoms with van der Waals surface area (Å²) in [6.07, 6.45) is 2.76. The molecule has 1 unspecified atom stereocenters. The number of carbonyl (C=O) groups excluding carboxylic acids is 1. The lowest BCUT2D eigenvalue weighted by Gasteiger charge is -2.10. The molecule has 0 aliphatic carbocycles. The summed E-state index contributed by atoms with van der Waals surface area (Å²) in [6, 6.07) is 3.70. The van der Waals surface area contributed by atoms with Crippen LogP contribution in [0.15, 0.2) is 12.1 Å². The molecule has 1 amide bonds. The van der Waals surface area contributed by atoms with Crippen molar-refractivity contribution in [1.29, 1.82) is 0 Å². The Hall–Kier alpha value is -0.580. The van der Waals surface area contributed by atoms with E-state index in [9.17, 15) is 4.79 Å². The maximum atomic E-state index is 11.6. The first-order valence-corrected chi connectivity index (χ1v) is 6.56. The van der Waals surface area contributed by atoms with Gasteiger partial charge in [-0.2, -0.15) is 0 Å². The molecule has 0 spiro atoms. The quantitative estimate of drug-likeness (QED) is 0.901. The third kappa shape index (κ3) is 3.47. The lowest BCUT2D eigenvalue weighted by atomic mass is 10.2. The highest BCUT2D eigenvalue weighted by atomic mass is 35.5. The van der Waals surface area contributed by atoms with E-state index in [1.165, 1.54) is 11.3 Å². The lowest BCUT2D eigenvalue weighted by Crippen LogP contribution is -2.32. The molecule has 1 atom stereocenters. The maximum absolute atomic E-state index is 11.6. The predicted molar refractivity (Wildman–Crippen MR) is 65.0 cm³/mol. The van der Waals surface area contributed by atoms with Crippen LogP contribution >= 0.6 is 22.9 Å². The highest BCUT2D eigenvalue weighted by Gasteiger charge is 2.16. The smallest absolute Gasteiger partial charge is 0.225 e. The van der Waals surface area contributed by atoms with E-state index in [1.54, 1.807) is 0 Å². The minimum atomic E-state index is 0.0361. The van der Waals surface area contributed by atoms with Crippen molar-refractivity contribution in [1.82, 2.24) is 5.32 Å². The molecule has 2 rings (SSSR count). The monoisotopic (exact) mass is 259 g/mol.